The first-order chi connectivity index (χ1) is 10.0. The van der Waals surface area contributed by atoms with Gasteiger partial charge in [0.1, 0.15) is 5.75 Å². The average Bonchev–Trinajstić information content (AvgIpc) is 2.97. The summed E-state index contributed by atoms with van der Waals surface area (Å²) >= 11 is 0. The summed E-state index contributed by atoms with van der Waals surface area (Å²) in [6, 6.07) is 8.89. The van der Waals surface area contributed by atoms with Crippen LogP contribution in [0.2, 0.25) is 0 Å². The van der Waals surface area contributed by atoms with Gasteiger partial charge in [-0.3, -0.25) is 0 Å². The Morgan fingerprint density at radius 1 is 1.33 bits per heavy atom. The highest BCUT2D eigenvalue weighted by atomic mass is 32.2. The van der Waals surface area contributed by atoms with Crippen molar-refractivity contribution in [1.82, 2.24) is 9.71 Å². The Hall–Kier alpha value is -1.83. The van der Waals surface area contributed by atoms with Gasteiger partial charge in [-0.25, -0.2) is 13.1 Å². The molecular weight excluding hydrogens is 292 g/mol. The van der Waals surface area contributed by atoms with E-state index in [0.29, 0.717) is 12.1 Å². The third-order valence-corrected chi connectivity index (χ3v) is 4.48. The molecule has 0 aliphatic carbocycles. The van der Waals surface area contributed by atoms with Gasteiger partial charge >= 0.3 is 0 Å². The highest BCUT2D eigenvalue weighted by Crippen LogP contribution is 2.13. The number of rotatable bonds is 7. The molecule has 7 heteroatoms. The van der Waals surface area contributed by atoms with Gasteiger partial charge < -0.3 is 14.8 Å². The molecule has 0 saturated carbocycles. The summed E-state index contributed by atoms with van der Waals surface area (Å²) in [5.41, 5.74) is 1.45. The second-order valence-electron chi connectivity index (χ2n) is 4.52. The number of hydrogen-bond donors (Lipinski definition) is 3. The van der Waals surface area contributed by atoms with Crippen LogP contribution in [-0.4, -0.2) is 32.2 Å². The first-order valence-electron chi connectivity index (χ1n) is 6.46. The molecule has 0 unspecified atom stereocenters. The van der Waals surface area contributed by atoms with Gasteiger partial charge in [-0.15, -0.1) is 0 Å². The van der Waals surface area contributed by atoms with Crippen molar-refractivity contribution < 1.29 is 18.3 Å². The second-order valence-corrected chi connectivity index (χ2v) is 6.28. The predicted octanol–water partition coefficient (Wildman–Crippen LogP) is 1.04. The van der Waals surface area contributed by atoms with Crippen molar-refractivity contribution in [1.29, 1.82) is 0 Å². The normalized spacial score (nSPS) is 11.5. The number of nitrogens with one attached hydrogen (secondary N) is 2. The number of H-pyrrole nitrogens is 1. The molecule has 1 aromatic carbocycles. The van der Waals surface area contributed by atoms with Gasteiger partial charge in [0.2, 0.25) is 10.0 Å². The number of benzene rings is 1. The van der Waals surface area contributed by atoms with E-state index < -0.39 is 10.0 Å². The zero-order chi connectivity index (χ0) is 15.3. The van der Waals surface area contributed by atoms with E-state index in [1.807, 2.05) is 24.3 Å². The number of sulfonamides is 1. The van der Waals surface area contributed by atoms with Crippen molar-refractivity contribution in [3.05, 3.63) is 47.8 Å². The van der Waals surface area contributed by atoms with Crippen molar-refractivity contribution in [3.63, 3.8) is 0 Å². The molecule has 0 amide bonds. The number of ether oxygens (including phenoxy) is 1. The molecule has 0 saturated heterocycles. The van der Waals surface area contributed by atoms with Gasteiger partial charge in [0.25, 0.3) is 0 Å². The van der Waals surface area contributed by atoms with Gasteiger partial charge in [0.05, 0.1) is 18.6 Å². The maximum Gasteiger partial charge on any atom is 0.242 e. The second kappa shape index (κ2) is 6.75. The first kappa shape index (κ1) is 15.6. The summed E-state index contributed by atoms with van der Waals surface area (Å²) in [5.74, 6) is 0.744. The SMILES string of the molecule is COc1cccc(CCNS(=O)(=O)c2c[nH]c(CO)c2)c1. The molecular formula is C14H18N2O4S. The Morgan fingerprint density at radius 2 is 2.14 bits per heavy atom. The summed E-state index contributed by atoms with van der Waals surface area (Å²) in [5, 5.41) is 8.93. The molecule has 3 N–H and O–H groups in total. The molecule has 2 aromatic rings. The van der Waals surface area contributed by atoms with E-state index in [1.165, 1.54) is 12.3 Å². The lowest BCUT2D eigenvalue weighted by Crippen LogP contribution is -2.25. The Labute approximate surface area is 123 Å². The number of aromatic amines is 1. The van der Waals surface area contributed by atoms with Crippen LogP contribution >= 0.6 is 0 Å². The Bertz CT molecular complexity index is 695. The summed E-state index contributed by atoms with van der Waals surface area (Å²) < 4.78 is 31.7. The molecule has 2 rings (SSSR count). The lowest BCUT2D eigenvalue weighted by molar-refractivity contribution is 0.277. The molecule has 0 bridgehead atoms. The Balaban J connectivity index is 1.95. The summed E-state index contributed by atoms with van der Waals surface area (Å²) in [6.45, 7) is 0.0640. The smallest absolute Gasteiger partial charge is 0.242 e. The summed E-state index contributed by atoms with van der Waals surface area (Å²) in [4.78, 5) is 2.82. The lowest BCUT2D eigenvalue weighted by atomic mass is 10.1. The number of aromatic nitrogens is 1. The van der Waals surface area contributed by atoms with E-state index in [1.54, 1.807) is 7.11 Å². The van der Waals surface area contributed by atoms with Gasteiger partial charge in [-0.05, 0) is 30.2 Å². The van der Waals surface area contributed by atoms with E-state index in [-0.39, 0.29) is 18.0 Å². The molecule has 1 aromatic heterocycles. The van der Waals surface area contributed by atoms with Crippen LogP contribution in [0.15, 0.2) is 41.4 Å². The minimum absolute atomic E-state index is 0.122. The number of methoxy groups -OCH3 is 1. The zero-order valence-corrected chi connectivity index (χ0v) is 12.5. The van der Waals surface area contributed by atoms with Crippen LogP contribution in [0.5, 0.6) is 5.75 Å². The lowest BCUT2D eigenvalue weighted by Gasteiger charge is -2.06. The third-order valence-electron chi connectivity index (χ3n) is 3.04. The van der Waals surface area contributed by atoms with E-state index in [4.69, 9.17) is 9.84 Å². The zero-order valence-electron chi connectivity index (χ0n) is 11.7. The van der Waals surface area contributed by atoms with Crippen LogP contribution in [-0.2, 0) is 23.1 Å². The molecule has 114 valence electrons. The molecule has 0 aliphatic heterocycles. The quantitative estimate of drug-likeness (QED) is 0.712. The van der Waals surface area contributed by atoms with Crippen molar-refractivity contribution in [3.8, 4) is 5.75 Å². The standard InChI is InChI=1S/C14H18N2O4S/c1-20-13-4-2-3-11(7-13)5-6-16-21(18,19)14-8-12(10-17)15-9-14/h2-4,7-9,15-17H,5-6,10H2,1H3. The Kier molecular flexibility index (Phi) is 5.00. The Morgan fingerprint density at radius 3 is 2.81 bits per heavy atom. The van der Waals surface area contributed by atoms with Crippen LogP contribution in [0.3, 0.4) is 0 Å². The summed E-state index contributed by atoms with van der Waals surface area (Å²) in [7, 11) is -1.97. The van der Waals surface area contributed by atoms with Crippen LogP contribution in [0.25, 0.3) is 0 Å². The van der Waals surface area contributed by atoms with E-state index in [0.717, 1.165) is 11.3 Å². The topological polar surface area (TPSA) is 91.4 Å². The van der Waals surface area contributed by atoms with Crippen molar-refractivity contribution >= 4 is 10.0 Å². The van der Waals surface area contributed by atoms with Gasteiger partial charge in [0, 0.05) is 18.4 Å². The molecule has 0 aliphatic rings. The maximum atomic E-state index is 12.0. The number of aliphatic hydroxyl groups is 1. The van der Waals surface area contributed by atoms with Crippen LogP contribution < -0.4 is 9.46 Å². The summed E-state index contributed by atoms with van der Waals surface area (Å²) in [6.07, 6.45) is 1.92. The van der Waals surface area contributed by atoms with Crippen molar-refractivity contribution in [2.24, 2.45) is 0 Å². The van der Waals surface area contributed by atoms with Crippen molar-refractivity contribution in [2.75, 3.05) is 13.7 Å². The van der Waals surface area contributed by atoms with Gasteiger partial charge in [0.15, 0.2) is 0 Å². The molecule has 21 heavy (non-hydrogen) atoms. The first-order valence-corrected chi connectivity index (χ1v) is 7.94. The largest absolute Gasteiger partial charge is 0.497 e. The maximum absolute atomic E-state index is 12.0. The third kappa shape index (κ3) is 4.07. The fourth-order valence-corrected chi connectivity index (χ4v) is 2.96. The number of aliphatic hydroxyl groups excluding tert-OH is 1. The minimum atomic E-state index is -3.56. The van der Waals surface area contributed by atoms with Crippen molar-refractivity contribution in [2.45, 2.75) is 17.9 Å². The van der Waals surface area contributed by atoms with Gasteiger partial charge in [-0.2, -0.15) is 0 Å². The predicted molar refractivity (Wildman–Crippen MR) is 78.6 cm³/mol. The minimum Gasteiger partial charge on any atom is -0.497 e. The van der Waals surface area contributed by atoms with Crippen LogP contribution in [0, 0.1) is 0 Å². The fraction of sp³-hybridized carbons (Fsp3) is 0.286. The van der Waals surface area contributed by atoms with E-state index in [9.17, 15) is 8.42 Å². The van der Waals surface area contributed by atoms with Crippen LogP contribution in [0.4, 0.5) is 0 Å². The fourth-order valence-electron chi connectivity index (χ4n) is 1.91. The molecule has 0 spiro atoms. The average molecular weight is 310 g/mol. The van der Waals surface area contributed by atoms with Crippen LogP contribution in [0.1, 0.15) is 11.3 Å². The van der Waals surface area contributed by atoms with E-state index in [2.05, 4.69) is 9.71 Å². The molecule has 6 nitrogen and oxygen atoms in total. The molecule has 0 radical (unpaired) electrons. The monoisotopic (exact) mass is 310 g/mol. The number of hydrogen-bond acceptors (Lipinski definition) is 4. The highest BCUT2D eigenvalue weighted by molar-refractivity contribution is 7.89. The molecule has 0 atom stereocenters. The highest BCUT2D eigenvalue weighted by Gasteiger charge is 2.15. The molecule has 1 heterocycles. The molecule has 0 fully saturated rings. The van der Waals surface area contributed by atoms with E-state index >= 15 is 0 Å². The van der Waals surface area contributed by atoms with Gasteiger partial charge in [-0.1, -0.05) is 12.1 Å².